The number of imidazole rings is 1. The van der Waals surface area contributed by atoms with Gasteiger partial charge in [0.1, 0.15) is 6.10 Å². The lowest BCUT2D eigenvalue weighted by Gasteiger charge is -2.26. The highest BCUT2D eigenvalue weighted by Crippen LogP contribution is 2.35. The molecule has 1 heterocycles. The van der Waals surface area contributed by atoms with Gasteiger partial charge < -0.3 is 14.6 Å². The zero-order valence-corrected chi connectivity index (χ0v) is 16.2. The summed E-state index contributed by atoms with van der Waals surface area (Å²) in [5, 5.41) is 12.0. The molecule has 0 amide bonds. The lowest BCUT2D eigenvalue weighted by molar-refractivity contribution is 0.112. The minimum absolute atomic E-state index is 0.235. The van der Waals surface area contributed by atoms with Crippen molar-refractivity contribution in [2.75, 3.05) is 19.0 Å². The maximum atomic E-state index is 11.0. The molecule has 3 rings (SSSR count). The molecule has 0 saturated carbocycles. The van der Waals surface area contributed by atoms with Crippen molar-refractivity contribution in [3.05, 3.63) is 82.4 Å². The Morgan fingerprint density at radius 1 is 1.12 bits per heavy atom. The number of halogens is 2. The average Bonchev–Trinajstić information content (AvgIpc) is 3.14. The Morgan fingerprint density at radius 3 is 2.42 bits per heavy atom. The standard InChI is InChI=1S/C20H21Cl2N3O/c1-24(2)16-6-3-14(4-7-16)11-19(25-10-9-23-13-25)20(26)17-8-5-15(21)12-18(17)22/h3-10,12-13,19-20,26H,11H2,1-2H3. The lowest BCUT2D eigenvalue weighted by Crippen LogP contribution is -2.20. The number of hydrogen-bond acceptors (Lipinski definition) is 3. The molecule has 0 saturated heterocycles. The molecule has 1 aromatic heterocycles. The minimum atomic E-state index is -0.789. The molecule has 2 aromatic carbocycles. The topological polar surface area (TPSA) is 41.3 Å². The SMILES string of the molecule is CN(C)c1ccc(CC(C(O)c2ccc(Cl)cc2Cl)n2ccnc2)cc1. The van der Waals surface area contributed by atoms with Crippen molar-refractivity contribution >= 4 is 28.9 Å². The van der Waals surface area contributed by atoms with E-state index in [4.69, 9.17) is 23.2 Å². The van der Waals surface area contributed by atoms with Crippen LogP contribution in [-0.4, -0.2) is 28.8 Å². The third-order valence-corrected chi connectivity index (χ3v) is 5.01. The molecule has 0 radical (unpaired) electrons. The van der Waals surface area contributed by atoms with Gasteiger partial charge in [0.2, 0.25) is 0 Å². The van der Waals surface area contributed by atoms with E-state index in [1.54, 1.807) is 30.7 Å². The van der Waals surface area contributed by atoms with E-state index in [2.05, 4.69) is 34.1 Å². The Hall–Kier alpha value is -2.01. The highest BCUT2D eigenvalue weighted by atomic mass is 35.5. The van der Waals surface area contributed by atoms with Crippen molar-refractivity contribution in [2.24, 2.45) is 0 Å². The maximum absolute atomic E-state index is 11.0. The van der Waals surface area contributed by atoms with Crippen LogP contribution in [0.4, 0.5) is 5.69 Å². The molecule has 0 aliphatic heterocycles. The van der Waals surface area contributed by atoms with E-state index in [0.717, 1.165) is 11.3 Å². The third-order valence-electron chi connectivity index (χ3n) is 4.45. The van der Waals surface area contributed by atoms with Gasteiger partial charge in [-0.15, -0.1) is 0 Å². The Kier molecular flexibility index (Phi) is 5.87. The summed E-state index contributed by atoms with van der Waals surface area (Å²) in [6, 6.07) is 13.2. The first-order chi connectivity index (χ1) is 12.5. The highest BCUT2D eigenvalue weighted by Gasteiger charge is 2.25. The predicted octanol–water partition coefficient (Wildman–Crippen LogP) is 4.77. The average molecular weight is 390 g/mol. The predicted molar refractivity (Wildman–Crippen MR) is 107 cm³/mol. The third kappa shape index (κ3) is 4.21. The highest BCUT2D eigenvalue weighted by molar-refractivity contribution is 6.35. The molecule has 6 heteroatoms. The molecule has 0 aliphatic rings. The number of aliphatic hydroxyl groups is 1. The fourth-order valence-electron chi connectivity index (χ4n) is 2.97. The molecule has 0 aliphatic carbocycles. The second-order valence-electron chi connectivity index (χ2n) is 6.45. The van der Waals surface area contributed by atoms with Gasteiger partial charge in [0, 0.05) is 47.8 Å². The largest absolute Gasteiger partial charge is 0.386 e. The smallest absolute Gasteiger partial charge is 0.101 e. The fraction of sp³-hybridized carbons (Fsp3) is 0.250. The Balaban J connectivity index is 1.90. The van der Waals surface area contributed by atoms with Crippen LogP contribution in [0.3, 0.4) is 0 Å². The van der Waals surface area contributed by atoms with Gasteiger partial charge in [-0.3, -0.25) is 0 Å². The van der Waals surface area contributed by atoms with E-state index in [1.165, 1.54) is 0 Å². The van der Waals surface area contributed by atoms with Crippen LogP contribution in [0.5, 0.6) is 0 Å². The molecular formula is C20H21Cl2N3O. The van der Waals surface area contributed by atoms with Crippen molar-refractivity contribution in [3.8, 4) is 0 Å². The molecule has 0 fully saturated rings. The van der Waals surface area contributed by atoms with E-state index in [-0.39, 0.29) is 6.04 Å². The summed E-state index contributed by atoms with van der Waals surface area (Å²) >= 11 is 12.3. The second-order valence-corrected chi connectivity index (χ2v) is 7.30. The zero-order valence-electron chi connectivity index (χ0n) is 14.7. The van der Waals surface area contributed by atoms with E-state index in [1.807, 2.05) is 24.9 Å². The van der Waals surface area contributed by atoms with Crippen LogP contribution in [0.15, 0.2) is 61.2 Å². The molecule has 1 N–H and O–H groups in total. The number of aromatic nitrogens is 2. The van der Waals surface area contributed by atoms with Crippen molar-refractivity contribution in [2.45, 2.75) is 18.6 Å². The maximum Gasteiger partial charge on any atom is 0.101 e. The second kappa shape index (κ2) is 8.12. The van der Waals surface area contributed by atoms with Gasteiger partial charge in [-0.05, 0) is 36.2 Å². The van der Waals surface area contributed by atoms with Crippen molar-refractivity contribution in [1.29, 1.82) is 0 Å². The number of anilines is 1. The number of nitrogens with zero attached hydrogens (tertiary/aromatic N) is 3. The van der Waals surface area contributed by atoms with Crippen LogP contribution in [-0.2, 0) is 6.42 Å². The van der Waals surface area contributed by atoms with Crippen molar-refractivity contribution in [3.63, 3.8) is 0 Å². The first-order valence-corrected chi connectivity index (χ1v) is 9.08. The first-order valence-electron chi connectivity index (χ1n) is 8.32. The van der Waals surface area contributed by atoms with Gasteiger partial charge in [0.25, 0.3) is 0 Å². The molecule has 3 aromatic rings. The van der Waals surface area contributed by atoms with Crippen molar-refractivity contribution in [1.82, 2.24) is 9.55 Å². The van der Waals surface area contributed by atoms with E-state index < -0.39 is 6.10 Å². The Bertz CT molecular complexity index is 848. The molecule has 2 unspecified atom stereocenters. The molecule has 0 spiro atoms. The summed E-state index contributed by atoms with van der Waals surface area (Å²) in [5.41, 5.74) is 2.91. The van der Waals surface area contributed by atoms with Crippen LogP contribution >= 0.6 is 23.2 Å². The van der Waals surface area contributed by atoms with Gasteiger partial charge in [-0.2, -0.15) is 0 Å². The minimum Gasteiger partial charge on any atom is -0.386 e. The summed E-state index contributed by atoms with van der Waals surface area (Å²) < 4.78 is 1.91. The summed E-state index contributed by atoms with van der Waals surface area (Å²) in [5.74, 6) is 0. The summed E-state index contributed by atoms with van der Waals surface area (Å²) in [6.07, 6.45) is 5.13. The Labute approximate surface area is 163 Å². The van der Waals surface area contributed by atoms with Crippen LogP contribution in [0, 0.1) is 0 Å². The molecule has 136 valence electrons. The summed E-state index contributed by atoms with van der Waals surface area (Å²) in [4.78, 5) is 6.18. The Morgan fingerprint density at radius 2 is 1.85 bits per heavy atom. The van der Waals surface area contributed by atoms with E-state index in [0.29, 0.717) is 22.0 Å². The zero-order chi connectivity index (χ0) is 18.7. The molecule has 2 atom stereocenters. The first kappa shape index (κ1) is 18.8. The normalized spacial score (nSPS) is 13.4. The van der Waals surface area contributed by atoms with Gasteiger partial charge in [0.05, 0.1) is 12.4 Å². The van der Waals surface area contributed by atoms with Gasteiger partial charge in [0.15, 0.2) is 0 Å². The number of hydrogen-bond donors (Lipinski definition) is 1. The fourth-order valence-corrected chi connectivity index (χ4v) is 3.49. The number of rotatable bonds is 6. The van der Waals surface area contributed by atoms with Crippen LogP contribution < -0.4 is 4.90 Å². The lowest BCUT2D eigenvalue weighted by atomic mass is 9.95. The van der Waals surface area contributed by atoms with Gasteiger partial charge >= 0.3 is 0 Å². The number of benzene rings is 2. The monoisotopic (exact) mass is 389 g/mol. The van der Waals surface area contributed by atoms with Crippen LogP contribution in [0.1, 0.15) is 23.3 Å². The van der Waals surface area contributed by atoms with Crippen LogP contribution in [0.2, 0.25) is 10.0 Å². The molecule has 4 nitrogen and oxygen atoms in total. The molecule has 0 bridgehead atoms. The molecular weight excluding hydrogens is 369 g/mol. The summed E-state index contributed by atoms with van der Waals surface area (Å²) in [6.45, 7) is 0. The van der Waals surface area contributed by atoms with E-state index in [9.17, 15) is 5.11 Å². The van der Waals surface area contributed by atoms with Crippen LogP contribution in [0.25, 0.3) is 0 Å². The summed E-state index contributed by atoms with van der Waals surface area (Å²) in [7, 11) is 4.02. The molecule has 26 heavy (non-hydrogen) atoms. The van der Waals surface area contributed by atoms with Gasteiger partial charge in [-0.25, -0.2) is 4.98 Å². The van der Waals surface area contributed by atoms with Gasteiger partial charge in [-0.1, -0.05) is 41.4 Å². The quantitative estimate of drug-likeness (QED) is 0.659. The number of aliphatic hydroxyl groups excluding tert-OH is 1. The van der Waals surface area contributed by atoms with Crippen molar-refractivity contribution < 1.29 is 5.11 Å². The van der Waals surface area contributed by atoms with E-state index >= 15 is 0 Å².